The number of hydrogen-bond acceptors (Lipinski definition) is 7. The van der Waals surface area contributed by atoms with Gasteiger partial charge in [-0.05, 0) is 24.6 Å². The first-order chi connectivity index (χ1) is 11.9. The molecule has 1 aliphatic rings. The molecule has 0 saturated carbocycles. The molecule has 1 aliphatic heterocycles. The molecule has 7 nitrogen and oxygen atoms in total. The summed E-state index contributed by atoms with van der Waals surface area (Å²) >= 11 is 0. The predicted octanol–water partition coefficient (Wildman–Crippen LogP) is 2.02. The molecule has 2 aromatic rings. The Labute approximate surface area is 143 Å². The van der Waals surface area contributed by atoms with Crippen LogP contribution in [0.15, 0.2) is 30.3 Å². The molecule has 132 valence electrons. The Morgan fingerprint density at radius 3 is 2.52 bits per heavy atom. The molecule has 0 spiro atoms. The van der Waals surface area contributed by atoms with Crippen molar-refractivity contribution >= 4 is 5.97 Å². The molecule has 7 heteroatoms. The van der Waals surface area contributed by atoms with Crippen LogP contribution >= 0.6 is 0 Å². The van der Waals surface area contributed by atoms with Gasteiger partial charge in [-0.25, -0.2) is 4.79 Å². The fourth-order valence-electron chi connectivity index (χ4n) is 2.88. The second kappa shape index (κ2) is 6.52. The number of ether oxygens (including phenoxy) is 2. The van der Waals surface area contributed by atoms with Crippen LogP contribution in [0.25, 0.3) is 0 Å². The number of carbonyl (C=O) groups excluding carboxylic acids is 1. The average Bonchev–Trinajstić information content (AvgIpc) is 2.56. The molecule has 25 heavy (non-hydrogen) atoms. The number of aliphatic hydroxyl groups excluding tert-OH is 1. The molecule has 0 aliphatic carbocycles. The van der Waals surface area contributed by atoms with E-state index >= 15 is 0 Å². The highest BCUT2D eigenvalue weighted by Gasteiger charge is 2.36. The Kier molecular flexibility index (Phi) is 4.41. The van der Waals surface area contributed by atoms with E-state index in [4.69, 9.17) is 9.47 Å². The van der Waals surface area contributed by atoms with E-state index in [9.17, 15) is 25.2 Å². The number of fused-ring (bicyclic) bond motifs is 1. The van der Waals surface area contributed by atoms with Crippen LogP contribution in [-0.2, 0) is 11.2 Å². The van der Waals surface area contributed by atoms with Crippen LogP contribution in [0, 0.1) is 0 Å². The molecule has 4 N–H and O–H groups in total. The molecule has 2 atom stereocenters. The Morgan fingerprint density at radius 2 is 1.88 bits per heavy atom. The number of phenolic OH excluding ortho intramolecular Hbond substituents is 3. The number of aliphatic hydroxyl groups is 1. The molecule has 0 saturated heterocycles. The summed E-state index contributed by atoms with van der Waals surface area (Å²) in [6.45, 7) is 1.74. The van der Waals surface area contributed by atoms with Crippen LogP contribution in [0.4, 0.5) is 0 Å². The molecule has 2 aromatic carbocycles. The highest BCUT2D eigenvalue weighted by Crippen LogP contribution is 2.45. The zero-order valence-electron chi connectivity index (χ0n) is 13.5. The number of benzene rings is 2. The molecule has 1 heterocycles. The fraction of sp³-hybridized carbons (Fsp3) is 0.278. The molecule has 0 radical (unpaired) electrons. The maximum absolute atomic E-state index is 12.2. The van der Waals surface area contributed by atoms with Gasteiger partial charge in [0.15, 0.2) is 0 Å². The fourth-order valence-corrected chi connectivity index (χ4v) is 2.88. The summed E-state index contributed by atoms with van der Waals surface area (Å²) < 4.78 is 10.7. The summed E-state index contributed by atoms with van der Waals surface area (Å²) in [7, 11) is 0. The van der Waals surface area contributed by atoms with Gasteiger partial charge in [0.2, 0.25) is 0 Å². The van der Waals surface area contributed by atoms with Gasteiger partial charge in [0.1, 0.15) is 34.7 Å². The van der Waals surface area contributed by atoms with Crippen LogP contribution in [0.2, 0.25) is 0 Å². The minimum atomic E-state index is -0.984. The molecule has 0 fully saturated rings. The second-order valence-electron chi connectivity index (χ2n) is 5.72. The average molecular weight is 346 g/mol. The number of hydrogen-bond donors (Lipinski definition) is 4. The van der Waals surface area contributed by atoms with E-state index in [-0.39, 0.29) is 41.4 Å². The monoisotopic (exact) mass is 346 g/mol. The van der Waals surface area contributed by atoms with Crippen LogP contribution < -0.4 is 4.74 Å². The van der Waals surface area contributed by atoms with E-state index < -0.39 is 23.9 Å². The van der Waals surface area contributed by atoms with Crippen LogP contribution in [0.1, 0.15) is 34.5 Å². The predicted molar refractivity (Wildman–Crippen MR) is 86.9 cm³/mol. The topological polar surface area (TPSA) is 116 Å². The zero-order valence-corrected chi connectivity index (χ0v) is 13.5. The van der Waals surface area contributed by atoms with Gasteiger partial charge in [-0.2, -0.15) is 0 Å². The van der Waals surface area contributed by atoms with Crippen molar-refractivity contribution in [3.05, 3.63) is 47.0 Å². The molecule has 3 rings (SSSR count). The Bertz CT molecular complexity index is 798. The minimum Gasteiger partial charge on any atom is -0.508 e. The van der Waals surface area contributed by atoms with Gasteiger partial charge >= 0.3 is 5.97 Å². The standard InChI is InChI=1S/C18H18O7/c1-2-24-18(23)15-13(21)8-12(20)11-7-14(22)16(25-17(11)15)9-3-5-10(19)6-4-9/h3-6,8,14,16,19-22H,2,7H2,1H3. The molecule has 2 unspecified atom stereocenters. The van der Waals surface area contributed by atoms with E-state index in [1.165, 1.54) is 12.1 Å². The third-order valence-corrected chi connectivity index (χ3v) is 4.05. The zero-order chi connectivity index (χ0) is 18.1. The number of esters is 1. The van der Waals surface area contributed by atoms with E-state index in [1.807, 2.05) is 0 Å². The first kappa shape index (κ1) is 16.9. The van der Waals surface area contributed by atoms with Gasteiger partial charge in [0.25, 0.3) is 0 Å². The van der Waals surface area contributed by atoms with Gasteiger partial charge in [-0.15, -0.1) is 0 Å². The van der Waals surface area contributed by atoms with Crippen molar-refractivity contribution in [2.75, 3.05) is 6.61 Å². The van der Waals surface area contributed by atoms with Crippen LogP contribution in [-0.4, -0.2) is 39.1 Å². The summed E-state index contributed by atoms with van der Waals surface area (Å²) in [5.41, 5.74) is 0.613. The molecular weight excluding hydrogens is 328 g/mol. The summed E-state index contributed by atoms with van der Waals surface area (Å²) in [6.07, 6.45) is -1.79. The van der Waals surface area contributed by atoms with E-state index in [1.54, 1.807) is 19.1 Å². The Balaban J connectivity index is 2.07. The lowest BCUT2D eigenvalue weighted by molar-refractivity contribution is 0.0173. The number of carbonyl (C=O) groups is 1. The number of rotatable bonds is 3. The lowest BCUT2D eigenvalue weighted by Gasteiger charge is -2.32. The highest BCUT2D eigenvalue weighted by molar-refractivity contribution is 5.96. The van der Waals surface area contributed by atoms with Crippen molar-refractivity contribution in [1.29, 1.82) is 0 Å². The van der Waals surface area contributed by atoms with E-state index in [2.05, 4.69) is 0 Å². The largest absolute Gasteiger partial charge is 0.508 e. The van der Waals surface area contributed by atoms with Crippen LogP contribution in [0.5, 0.6) is 23.0 Å². The third kappa shape index (κ3) is 3.06. The normalized spacial score (nSPS) is 19.0. The van der Waals surface area contributed by atoms with Gasteiger partial charge in [0, 0.05) is 18.1 Å². The Morgan fingerprint density at radius 1 is 1.20 bits per heavy atom. The molecular formula is C18H18O7. The smallest absolute Gasteiger partial charge is 0.345 e. The van der Waals surface area contributed by atoms with E-state index in [0.29, 0.717) is 5.56 Å². The Hall–Kier alpha value is -2.93. The second-order valence-corrected chi connectivity index (χ2v) is 5.72. The third-order valence-electron chi connectivity index (χ3n) is 4.05. The van der Waals surface area contributed by atoms with Crippen LogP contribution in [0.3, 0.4) is 0 Å². The lowest BCUT2D eigenvalue weighted by atomic mass is 9.92. The van der Waals surface area contributed by atoms with Crippen molar-refractivity contribution in [2.45, 2.75) is 25.6 Å². The van der Waals surface area contributed by atoms with Crippen molar-refractivity contribution in [3.8, 4) is 23.0 Å². The molecule has 0 amide bonds. The quantitative estimate of drug-likeness (QED) is 0.628. The SMILES string of the molecule is CCOC(=O)c1c(O)cc(O)c2c1OC(c1ccc(O)cc1)C(O)C2. The van der Waals surface area contributed by atoms with Gasteiger partial charge in [-0.1, -0.05) is 12.1 Å². The maximum Gasteiger partial charge on any atom is 0.345 e. The maximum atomic E-state index is 12.2. The van der Waals surface area contributed by atoms with Gasteiger partial charge in [-0.3, -0.25) is 0 Å². The number of aromatic hydroxyl groups is 3. The summed E-state index contributed by atoms with van der Waals surface area (Å²) in [5, 5.41) is 39.9. The summed E-state index contributed by atoms with van der Waals surface area (Å²) in [6, 6.07) is 7.10. The summed E-state index contributed by atoms with van der Waals surface area (Å²) in [4.78, 5) is 12.2. The van der Waals surface area contributed by atoms with Gasteiger partial charge in [0.05, 0.1) is 12.7 Å². The van der Waals surface area contributed by atoms with Crippen molar-refractivity contribution in [3.63, 3.8) is 0 Å². The molecule has 0 bridgehead atoms. The number of phenols is 3. The van der Waals surface area contributed by atoms with Gasteiger partial charge < -0.3 is 29.9 Å². The lowest BCUT2D eigenvalue weighted by Crippen LogP contribution is -2.31. The van der Waals surface area contributed by atoms with Crippen molar-refractivity contribution in [2.24, 2.45) is 0 Å². The first-order valence-corrected chi connectivity index (χ1v) is 7.81. The van der Waals surface area contributed by atoms with Crippen molar-refractivity contribution < 1.29 is 34.7 Å². The highest BCUT2D eigenvalue weighted by atomic mass is 16.5. The first-order valence-electron chi connectivity index (χ1n) is 7.81. The molecule has 0 aromatic heterocycles. The minimum absolute atomic E-state index is 0.0145. The summed E-state index contributed by atoms with van der Waals surface area (Å²) in [5.74, 6) is -1.47. The van der Waals surface area contributed by atoms with E-state index in [0.717, 1.165) is 6.07 Å². The van der Waals surface area contributed by atoms with Crippen molar-refractivity contribution in [1.82, 2.24) is 0 Å².